The largest absolute Gasteiger partial charge is 0.392 e. The lowest BCUT2D eigenvalue weighted by atomic mass is 10.2. The lowest BCUT2D eigenvalue weighted by Crippen LogP contribution is -2.24. The second-order valence-electron chi connectivity index (χ2n) is 3.95. The lowest BCUT2D eigenvalue weighted by Gasteiger charge is -2.08. The molecule has 4 nitrogen and oxygen atoms in total. The molecule has 0 fully saturated rings. The van der Waals surface area contributed by atoms with Crippen molar-refractivity contribution in [3.8, 4) is 0 Å². The van der Waals surface area contributed by atoms with Crippen molar-refractivity contribution in [3.63, 3.8) is 0 Å². The predicted molar refractivity (Wildman–Crippen MR) is 78.4 cm³/mol. The predicted octanol–water partition coefficient (Wildman–Crippen LogP) is 2.62. The summed E-state index contributed by atoms with van der Waals surface area (Å²) in [5, 5.41) is 8.99. The van der Waals surface area contributed by atoms with Gasteiger partial charge in [-0.25, -0.2) is 17.5 Å². The highest BCUT2D eigenvalue weighted by Gasteiger charge is 2.19. The van der Waals surface area contributed by atoms with E-state index >= 15 is 0 Å². The van der Waals surface area contributed by atoms with Gasteiger partial charge in [0, 0.05) is 11.4 Å². The van der Waals surface area contributed by atoms with Crippen LogP contribution in [0.5, 0.6) is 0 Å². The number of benzene rings is 1. The van der Waals surface area contributed by atoms with E-state index in [4.69, 9.17) is 5.11 Å². The van der Waals surface area contributed by atoms with Crippen LogP contribution in [0.3, 0.4) is 0 Å². The van der Waals surface area contributed by atoms with Crippen molar-refractivity contribution < 1.29 is 17.9 Å². The minimum Gasteiger partial charge on any atom is -0.392 e. The molecule has 0 spiro atoms. The highest BCUT2D eigenvalue weighted by Crippen LogP contribution is 2.23. The van der Waals surface area contributed by atoms with E-state index in [1.807, 2.05) is 0 Å². The molecule has 0 amide bonds. The van der Waals surface area contributed by atoms with Gasteiger partial charge in [-0.05, 0) is 45.8 Å². The summed E-state index contributed by atoms with van der Waals surface area (Å²) in [6.45, 7) is -0.262. The van der Waals surface area contributed by atoms with Gasteiger partial charge in [0.05, 0.1) is 10.4 Å². The Balaban J connectivity index is 2.21. The van der Waals surface area contributed by atoms with E-state index < -0.39 is 20.7 Å². The van der Waals surface area contributed by atoms with Crippen LogP contribution in [0.25, 0.3) is 0 Å². The van der Waals surface area contributed by atoms with Gasteiger partial charge < -0.3 is 5.11 Å². The van der Waals surface area contributed by atoms with Gasteiger partial charge >= 0.3 is 0 Å². The zero-order valence-corrected chi connectivity index (χ0v) is 13.4. The first-order chi connectivity index (χ1) is 9.42. The number of halogens is 2. The van der Waals surface area contributed by atoms with E-state index in [0.717, 1.165) is 20.8 Å². The standard InChI is InChI=1S/C12H11BrFNO3S2/c13-12-4-2-9(19-12)6-15-20(17,18)11-5-8(7-16)1-3-10(11)14/h1-5,15-16H,6-7H2. The molecule has 8 heteroatoms. The van der Waals surface area contributed by atoms with Crippen LogP contribution in [0.1, 0.15) is 10.4 Å². The molecular weight excluding hydrogens is 369 g/mol. The first-order valence-corrected chi connectivity index (χ1v) is 8.65. The summed E-state index contributed by atoms with van der Waals surface area (Å²) < 4.78 is 41.0. The fraction of sp³-hybridized carbons (Fsp3) is 0.167. The summed E-state index contributed by atoms with van der Waals surface area (Å²) >= 11 is 4.67. The van der Waals surface area contributed by atoms with Gasteiger partial charge in [-0.2, -0.15) is 0 Å². The zero-order valence-electron chi connectivity index (χ0n) is 10.1. The number of thiophene rings is 1. The molecule has 0 saturated heterocycles. The Morgan fingerprint density at radius 2 is 2.05 bits per heavy atom. The quantitative estimate of drug-likeness (QED) is 0.838. The van der Waals surface area contributed by atoms with E-state index in [9.17, 15) is 12.8 Å². The number of sulfonamides is 1. The Hall–Kier alpha value is -0.800. The van der Waals surface area contributed by atoms with Gasteiger partial charge in [0.25, 0.3) is 0 Å². The van der Waals surface area contributed by atoms with E-state index in [0.29, 0.717) is 5.56 Å². The van der Waals surface area contributed by atoms with Crippen molar-refractivity contribution in [2.45, 2.75) is 18.0 Å². The van der Waals surface area contributed by atoms with Crippen molar-refractivity contribution in [2.24, 2.45) is 0 Å². The summed E-state index contributed by atoms with van der Waals surface area (Å²) in [7, 11) is -3.96. The summed E-state index contributed by atoms with van der Waals surface area (Å²) in [6.07, 6.45) is 0. The van der Waals surface area contributed by atoms with Crippen LogP contribution in [0.15, 0.2) is 39.0 Å². The molecule has 0 saturated carbocycles. The van der Waals surface area contributed by atoms with Gasteiger partial charge in [0.15, 0.2) is 0 Å². The fourth-order valence-corrected chi connectivity index (χ4v) is 4.19. The first kappa shape index (κ1) is 15.6. The normalized spacial score (nSPS) is 11.8. The number of hydrogen-bond acceptors (Lipinski definition) is 4. The number of hydrogen-bond donors (Lipinski definition) is 2. The van der Waals surface area contributed by atoms with Gasteiger partial charge in [-0.1, -0.05) is 6.07 Å². The molecule has 0 aliphatic carbocycles. The first-order valence-electron chi connectivity index (χ1n) is 5.55. The molecule has 20 heavy (non-hydrogen) atoms. The molecule has 108 valence electrons. The second kappa shape index (κ2) is 6.31. The maximum atomic E-state index is 13.6. The van der Waals surface area contributed by atoms with E-state index in [-0.39, 0.29) is 13.2 Å². The van der Waals surface area contributed by atoms with Crippen molar-refractivity contribution in [1.29, 1.82) is 0 Å². The Morgan fingerprint density at radius 3 is 2.65 bits per heavy atom. The van der Waals surface area contributed by atoms with Crippen LogP contribution in [0.4, 0.5) is 4.39 Å². The highest BCUT2D eigenvalue weighted by molar-refractivity contribution is 9.11. The van der Waals surface area contributed by atoms with Crippen molar-refractivity contribution in [2.75, 3.05) is 0 Å². The van der Waals surface area contributed by atoms with Crippen LogP contribution in [0.2, 0.25) is 0 Å². The molecule has 0 unspecified atom stereocenters. The summed E-state index contributed by atoms with van der Waals surface area (Å²) in [6, 6.07) is 7.08. The minimum absolute atomic E-state index is 0.0847. The SMILES string of the molecule is O=S(=O)(NCc1ccc(Br)s1)c1cc(CO)ccc1F. The Kier molecular flexibility index (Phi) is 4.92. The molecule has 1 aromatic heterocycles. The summed E-state index contributed by atoms with van der Waals surface area (Å²) in [5.74, 6) is -0.845. The second-order valence-corrected chi connectivity index (χ2v) is 8.24. The number of aliphatic hydroxyl groups excluding tert-OH is 1. The number of rotatable bonds is 5. The van der Waals surface area contributed by atoms with Crippen LogP contribution in [-0.2, 0) is 23.2 Å². The number of aliphatic hydroxyl groups is 1. The van der Waals surface area contributed by atoms with E-state index in [2.05, 4.69) is 20.7 Å². The Bertz CT molecular complexity index is 715. The van der Waals surface area contributed by atoms with Crippen LogP contribution >= 0.6 is 27.3 Å². The monoisotopic (exact) mass is 379 g/mol. The Labute approximate surface area is 128 Å². The van der Waals surface area contributed by atoms with Crippen LogP contribution in [-0.4, -0.2) is 13.5 Å². The molecule has 1 heterocycles. The van der Waals surface area contributed by atoms with Crippen molar-refractivity contribution >= 4 is 37.3 Å². The molecule has 2 N–H and O–H groups in total. The van der Waals surface area contributed by atoms with Crippen LogP contribution < -0.4 is 4.72 Å². The third-order valence-corrected chi connectivity index (χ3v) is 5.57. The smallest absolute Gasteiger partial charge is 0.243 e. The lowest BCUT2D eigenvalue weighted by molar-refractivity contribution is 0.281. The third kappa shape index (κ3) is 3.64. The molecule has 1 aromatic carbocycles. The molecule has 0 radical (unpaired) electrons. The Morgan fingerprint density at radius 1 is 1.30 bits per heavy atom. The summed E-state index contributed by atoms with van der Waals surface area (Å²) in [5.41, 5.74) is 0.339. The molecule has 0 aliphatic heterocycles. The van der Waals surface area contributed by atoms with Gasteiger partial charge in [-0.3, -0.25) is 0 Å². The molecule has 0 bridgehead atoms. The molecule has 0 atom stereocenters. The average molecular weight is 380 g/mol. The van der Waals surface area contributed by atoms with Crippen LogP contribution in [0, 0.1) is 5.82 Å². The average Bonchev–Trinajstić information content (AvgIpc) is 2.83. The third-order valence-electron chi connectivity index (χ3n) is 2.53. The minimum atomic E-state index is -3.96. The number of nitrogens with one attached hydrogen (secondary N) is 1. The maximum absolute atomic E-state index is 13.6. The maximum Gasteiger partial charge on any atom is 0.243 e. The van der Waals surface area contributed by atoms with Gasteiger partial charge in [-0.15, -0.1) is 11.3 Å². The molecule has 0 aliphatic rings. The zero-order chi connectivity index (χ0) is 14.8. The summed E-state index contributed by atoms with van der Waals surface area (Å²) in [4.78, 5) is 0.346. The van der Waals surface area contributed by atoms with Gasteiger partial charge in [0.2, 0.25) is 10.0 Å². The molecule has 2 rings (SSSR count). The molecular formula is C12H11BrFNO3S2. The highest BCUT2D eigenvalue weighted by atomic mass is 79.9. The fourth-order valence-electron chi connectivity index (χ4n) is 1.54. The van der Waals surface area contributed by atoms with Crippen molar-refractivity contribution in [3.05, 3.63) is 50.4 Å². The van der Waals surface area contributed by atoms with E-state index in [1.54, 1.807) is 12.1 Å². The van der Waals surface area contributed by atoms with Crippen molar-refractivity contribution in [1.82, 2.24) is 4.72 Å². The van der Waals surface area contributed by atoms with E-state index in [1.165, 1.54) is 17.4 Å². The molecule has 2 aromatic rings. The topological polar surface area (TPSA) is 66.4 Å². The van der Waals surface area contributed by atoms with Gasteiger partial charge in [0.1, 0.15) is 10.7 Å².